The van der Waals surface area contributed by atoms with Crippen molar-refractivity contribution in [1.29, 1.82) is 0 Å². The lowest BCUT2D eigenvalue weighted by Gasteiger charge is -2.18. The Balaban J connectivity index is 2.08. The summed E-state index contributed by atoms with van der Waals surface area (Å²) in [6, 6.07) is 11.9. The number of carbonyl (C=O) groups excluding carboxylic acids is 1. The van der Waals surface area contributed by atoms with E-state index in [0.717, 1.165) is 22.4 Å². The molecule has 0 aliphatic rings. The Morgan fingerprint density at radius 1 is 1.00 bits per heavy atom. The topological polar surface area (TPSA) is 47.6 Å². The van der Waals surface area contributed by atoms with Gasteiger partial charge in [-0.05, 0) is 63.4 Å². The fourth-order valence-electron chi connectivity index (χ4n) is 2.88. The van der Waals surface area contributed by atoms with Gasteiger partial charge >= 0.3 is 0 Å². The van der Waals surface area contributed by atoms with Gasteiger partial charge in [-0.25, -0.2) is 0 Å². The van der Waals surface area contributed by atoms with Crippen LogP contribution in [0.5, 0.6) is 11.5 Å². The van der Waals surface area contributed by atoms with Gasteiger partial charge in [0.05, 0.1) is 25.7 Å². The zero-order valence-corrected chi connectivity index (χ0v) is 16.4. The lowest BCUT2D eigenvalue weighted by molar-refractivity contribution is -0.121. The molecule has 0 fully saturated rings. The molecule has 4 nitrogen and oxygen atoms in total. The highest BCUT2D eigenvalue weighted by Gasteiger charge is 2.14. The SMILES string of the molecule is CCOc1ccc([C@H](C)NC(=O)Cc2cc(C)ccc2C)cc1OCC. The Morgan fingerprint density at radius 3 is 2.38 bits per heavy atom. The van der Waals surface area contributed by atoms with Gasteiger partial charge in [0.25, 0.3) is 0 Å². The zero-order valence-electron chi connectivity index (χ0n) is 16.4. The van der Waals surface area contributed by atoms with Crippen molar-refractivity contribution in [3.63, 3.8) is 0 Å². The van der Waals surface area contributed by atoms with Gasteiger partial charge in [-0.1, -0.05) is 29.8 Å². The van der Waals surface area contributed by atoms with E-state index in [2.05, 4.69) is 23.5 Å². The molecule has 1 atom stereocenters. The molecular formula is C22H29NO3. The molecule has 0 spiro atoms. The maximum atomic E-state index is 12.5. The maximum Gasteiger partial charge on any atom is 0.224 e. The van der Waals surface area contributed by atoms with Crippen molar-refractivity contribution in [3.05, 3.63) is 58.7 Å². The summed E-state index contributed by atoms with van der Waals surface area (Å²) in [5.74, 6) is 1.45. The third-order valence-electron chi connectivity index (χ3n) is 4.30. The first-order valence-corrected chi connectivity index (χ1v) is 9.19. The molecule has 1 N–H and O–H groups in total. The molecule has 0 aromatic heterocycles. The summed E-state index contributed by atoms with van der Waals surface area (Å²) in [5, 5.41) is 3.08. The summed E-state index contributed by atoms with van der Waals surface area (Å²) in [4.78, 5) is 12.5. The van der Waals surface area contributed by atoms with Crippen LogP contribution in [-0.2, 0) is 11.2 Å². The third-order valence-corrected chi connectivity index (χ3v) is 4.30. The highest BCUT2D eigenvalue weighted by atomic mass is 16.5. The first-order valence-electron chi connectivity index (χ1n) is 9.19. The summed E-state index contributed by atoms with van der Waals surface area (Å²) >= 11 is 0. The van der Waals surface area contributed by atoms with Crippen LogP contribution in [-0.4, -0.2) is 19.1 Å². The fraction of sp³-hybridized carbons (Fsp3) is 0.409. The first-order chi connectivity index (χ1) is 12.4. The summed E-state index contributed by atoms with van der Waals surface area (Å²) < 4.78 is 11.3. The minimum Gasteiger partial charge on any atom is -0.490 e. The Hall–Kier alpha value is -2.49. The Bertz CT molecular complexity index is 755. The molecular weight excluding hydrogens is 326 g/mol. The average Bonchev–Trinajstić information content (AvgIpc) is 2.60. The van der Waals surface area contributed by atoms with Gasteiger partial charge in [-0.15, -0.1) is 0 Å². The lowest BCUT2D eigenvalue weighted by atomic mass is 10.0. The van der Waals surface area contributed by atoms with Gasteiger partial charge in [0.2, 0.25) is 5.91 Å². The molecule has 0 saturated carbocycles. The van der Waals surface area contributed by atoms with Crippen molar-refractivity contribution in [2.75, 3.05) is 13.2 Å². The molecule has 2 rings (SSSR count). The van der Waals surface area contributed by atoms with Crippen molar-refractivity contribution >= 4 is 5.91 Å². The minimum absolute atomic E-state index is 0.0121. The number of nitrogens with one attached hydrogen (secondary N) is 1. The second-order valence-corrected chi connectivity index (χ2v) is 6.47. The molecule has 2 aromatic rings. The van der Waals surface area contributed by atoms with Crippen LogP contribution in [0, 0.1) is 13.8 Å². The van der Waals surface area contributed by atoms with Crippen molar-refractivity contribution in [3.8, 4) is 11.5 Å². The third kappa shape index (κ3) is 5.25. The van der Waals surface area contributed by atoms with E-state index in [1.165, 1.54) is 5.56 Å². The van der Waals surface area contributed by atoms with Gasteiger partial charge in [0.15, 0.2) is 11.5 Å². The van der Waals surface area contributed by atoms with Gasteiger partial charge in [-0.3, -0.25) is 4.79 Å². The molecule has 4 heteroatoms. The molecule has 0 aliphatic heterocycles. The van der Waals surface area contributed by atoms with Crippen molar-refractivity contribution in [1.82, 2.24) is 5.32 Å². The molecule has 0 radical (unpaired) electrons. The lowest BCUT2D eigenvalue weighted by Crippen LogP contribution is -2.28. The number of aryl methyl sites for hydroxylation is 2. The van der Waals surface area contributed by atoms with E-state index in [1.54, 1.807) is 0 Å². The molecule has 0 bridgehead atoms. The van der Waals surface area contributed by atoms with E-state index in [1.807, 2.05) is 52.8 Å². The van der Waals surface area contributed by atoms with Crippen LogP contribution in [0.2, 0.25) is 0 Å². The predicted octanol–water partition coefficient (Wildman–Crippen LogP) is 4.52. The average molecular weight is 355 g/mol. The van der Waals surface area contributed by atoms with E-state index in [4.69, 9.17) is 9.47 Å². The van der Waals surface area contributed by atoms with Gasteiger partial charge in [-0.2, -0.15) is 0 Å². The second-order valence-electron chi connectivity index (χ2n) is 6.47. The smallest absolute Gasteiger partial charge is 0.224 e. The molecule has 0 unspecified atom stereocenters. The van der Waals surface area contributed by atoms with E-state index >= 15 is 0 Å². The minimum atomic E-state index is -0.109. The molecule has 2 aromatic carbocycles. The van der Waals surface area contributed by atoms with Crippen LogP contribution in [0.25, 0.3) is 0 Å². The Morgan fingerprint density at radius 2 is 1.69 bits per heavy atom. The predicted molar refractivity (Wildman–Crippen MR) is 105 cm³/mol. The first kappa shape index (κ1) is 19.8. The van der Waals surface area contributed by atoms with E-state index in [-0.39, 0.29) is 11.9 Å². The maximum absolute atomic E-state index is 12.5. The second kappa shape index (κ2) is 9.27. The van der Waals surface area contributed by atoms with Gasteiger partial charge in [0, 0.05) is 0 Å². The summed E-state index contributed by atoms with van der Waals surface area (Å²) in [5.41, 5.74) is 4.36. The molecule has 140 valence electrons. The van der Waals surface area contributed by atoms with Crippen molar-refractivity contribution in [2.24, 2.45) is 0 Å². The Labute approximate surface area is 156 Å². The number of rotatable bonds is 8. The van der Waals surface area contributed by atoms with E-state index < -0.39 is 0 Å². The number of hydrogen-bond donors (Lipinski definition) is 1. The van der Waals surface area contributed by atoms with Crippen LogP contribution < -0.4 is 14.8 Å². The number of hydrogen-bond acceptors (Lipinski definition) is 3. The van der Waals surface area contributed by atoms with Gasteiger partial charge in [0.1, 0.15) is 0 Å². The summed E-state index contributed by atoms with van der Waals surface area (Å²) in [6.45, 7) is 11.1. The van der Waals surface area contributed by atoms with Crippen LogP contribution >= 0.6 is 0 Å². The number of amides is 1. The number of benzene rings is 2. The van der Waals surface area contributed by atoms with Crippen molar-refractivity contribution < 1.29 is 14.3 Å². The number of carbonyl (C=O) groups is 1. The number of ether oxygens (including phenoxy) is 2. The molecule has 0 saturated heterocycles. The quantitative estimate of drug-likeness (QED) is 0.757. The molecule has 1 amide bonds. The zero-order chi connectivity index (χ0) is 19.1. The monoisotopic (exact) mass is 355 g/mol. The molecule has 0 heterocycles. The molecule has 26 heavy (non-hydrogen) atoms. The summed E-state index contributed by atoms with van der Waals surface area (Å²) in [6.07, 6.45) is 0.382. The highest BCUT2D eigenvalue weighted by molar-refractivity contribution is 5.79. The van der Waals surface area contributed by atoms with Crippen LogP contribution in [0.15, 0.2) is 36.4 Å². The van der Waals surface area contributed by atoms with E-state index in [0.29, 0.717) is 25.4 Å². The normalized spacial score (nSPS) is 11.7. The van der Waals surface area contributed by atoms with Crippen LogP contribution in [0.4, 0.5) is 0 Å². The van der Waals surface area contributed by atoms with Gasteiger partial charge < -0.3 is 14.8 Å². The highest BCUT2D eigenvalue weighted by Crippen LogP contribution is 2.30. The Kier molecular flexibility index (Phi) is 7.07. The molecule has 0 aliphatic carbocycles. The summed E-state index contributed by atoms with van der Waals surface area (Å²) in [7, 11) is 0. The fourth-order valence-corrected chi connectivity index (χ4v) is 2.88. The van der Waals surface area contributed by atoms with E-state index in [9.17, 15) is 4.79 Å². The standard InChI is InChI=1S/C22H29NO3/c1-6-25-20-11-10-18(13-21(20)26-7-2)17(5)23-22(24)14-19-12-15(3)8-9-16(19)4/h8-13,17H,6-7,14H2,1-5H3,(H,23,24)/t17-/m0/s1. The van der Waals surface area contributed by atoms with Crippen LogP contribution in [0.3, 0.4) is 0 Å². The van der Waals surface area contributed by atoms with Crippen molar-refractivity contribution in [2.45, 2.75) is 47.1 Å². The van der Waals surface area contributed by atoms with Crippen LogP contribution in [0.1, 0.15) is 49.1 Å². The largest absolute Gasteiger partial charge is 0.490 e.